The highest BCUT2D eigenvalue weighted by Crippen LogP contribution is 2.40. The first-order valence-electron chi connectivity index (χ1n) is 12.3. The molecule has 0 saturated carbocycles. The maximum atomic E-state index is 11.6. The molecule has 0 radical (unpaired) electrons. The van der Waals surface area contributed by atoms with E-state index in [4.69, 9.17) is 19.2 Å². The Balaban J connectivity index is 1.05. The van der Waals surface area contributed by atoms with Crippen molar-refractivity contribution >= 4 is 22.5 Å². The Bertz CT molecular complexity index is 1260. The van der Waals surface area contributed by atoms with Gasteiger partial charge in [0.05, 0.1) is 24.9 Å². The van der Waals surface area contributed by atoms with E-state index in [9.17, 15) is 4.79 Å². The molecule has 1 atom stereocenters. The molecule has 1 fully saturated rings. The number of carbonyl (C=O) groups is 1. The number of hydrogen-bond donors (Lipinski definition) is 2. The van der Waals surface area contributed by atoms with Crippen LogP contribution in [0.4, 0.5) is 5.69 Å². The third-order valence-electron chi connectivity index (χ3n) is 7.23. The van der Waals surface area contributed by atoms with Gasteiger partial charge in [-0.15, -0.1) is 0 Å². The average Bonchev–Trinajstić information content (AvgIpc) is 3.30. The fourth-order valence-electron chi connectivity index (χ4n) is 5.36. The molecule has 0 aliphatic carbocycles. The van der Waals surface area contributed by atoms with Crippen LogP contribution < -0.4 is 24.8 Å². The molecule has 3 aromatic rings. The monoisotopic (exact) mass is 474 g/mol. The lowest BCUT2D eigenvalue weighted by molar-refractivity contribution is -0.118. The van der Waals surface area contributed by atoms with Gasteiger partial charge in [0.15, 0.2) is 6.61 Å². The number of nitrogens with zero attached hydrogens (tertiary/aromatic N) is 2. The lowest BCUT2D eigenvalue weighted by Crippen LogP contribution is -2.43. The Morgan fingerprint density at radius 1 is 1.11 bits per heavy atom. The fourth-order valence-corrected chi connectivity index (χ4v) is 5.36. The van der Waals surface area contributed by atoms with Crippen molar-refractivity contribution in [2.24, 2.45) is 0 Å². The van der Waals surface area contributed by atoms with Gasteiger partial charge >= 0.3 is 0 Å². The van der Waals surface area contributed by atoms with Gasteiger partial charge in [0.1, 0.15) is 11.5 Å². The number of anilines is 1. The van der Waals surface area contributed by atoms with E-state index in [1.54, 1.807) is 7.11 Å². The number of aromatic nitrogens is 1. The number of piperidine rings is 1. The maximum absolute atomic E-state index is 11.6. The lowest BCUT2D eigenvalue weighted by Gasteiger charge is -2.34. The number of fused-ring (bicyclic) bond motifs is 4. The second-order valence-electron chi connectivity index (χ2n) is 9.53. The minimum Gasteiger partial charge on any atom is -0.493 e. The van der Waals surface area contributed by atoms with Crippen molar-refractivity contribution in [3.05, 3.63) is 53.6 Å². The molecule has 1 amide bonds. The molecule has 35 heavy (non-hydrogen) atoms. The first-order valence-corrected chi connectivity index (χ1v) is 12.3. The van der Waals surface area contributed by atoms with Gasteiger partial charge in [0, 0.05) is 42.1 Å². The van der Waals surface area contributed by atoms with Gasteiger partial charge in [-0.2, -0.15) is 0 Å². The number of pyridine rings is 1. The molecule has 2 N–H and O–H groups in total. The van der Waals surface area contributed by atoms with Crippen LogP contribution in [0, 0.1) is 0 Å². The number of carbonyl (C=O) groups excluding carboxylic acids is 1. The van der Waals surface area contributed by atoms with Crippen LogP contribution in [0.2, 0.25) is 0 Å². The van der Waals surface area contributed by atoms with Crippen LogP contribution >= 0.6 is 0 Å². The summed E-state index contributed by atoms with van der Waals surface area (Å²) in [6.45, 7) is 4.64. The molecule has 8 nitrogen and oxygen atoms in total. The van der Waals surface area contributed by atoms with Crippen LogP contribution in [-0.2, 0) is 11.3 Å². The number of methoxy groups -OCH3 is 1. The molecule has 2 aromatic carbocycles. The van der Waals surface area contributed by atoms with Crippen molar-refractivity contribution in [2.75, 3.05) is 45.3 Å². The van der Waals surface area contributed by atoms with E-state index < -0.39 is 0 Å². The predicted molar refractivity (Wildman–Crippen MR) is 133 cm³/mol. The van der Waals surface area contributed by atoms with Crippen LogP contribution in [0.3, 0.4) is 0 Å². The number of likely N-dealkylation sites (tertiary alicyclic amines) is 1. The van der Waals surface area contributed by atoms with E-state index in [1.807, 2.05) is 18.2 Å². The van der Waals surface area contributed by atoms with E-state index in [2.05, 4.69) is 39.8 Å². The van der Waals surface area contributed by atoms with E-state index in [-0.39, 0.29) is 12.5 Å². The molecule has 1 saturated heterocycles. The summed E-state index contributed by atoms with van der Waals surface area (Å²) < 4.78 is 16.9. The number of benzene rings is 2. The largest absolute Gasteiger partial charge is 0.493 e. The molecule has 4 heterocycles. The molecular formula is C27H30N4O4. The van der Waals surface area contributed by atoms with Gasteiger partial charge in [-0.05, 0) is 61.8 Å². The maximum Gasteiger partial charge on any atom is 0.262 e. The molecule has 1 aromatic heterocycles. The number of amides is 1. The minimum atomic E-state index is -0.104. The Labute approximate surface area is 204 Å². The highest BCUT2D eigenvalue weighted by Gasteiger charge is 2.30. The summed E-state index contributed by atoms with van der Waals surface area (Å²) in [4.78, 5) is 18.9. The molecule has 182 valence electrons. The van der Waals surface area contributed by atoms with Gasteiger partial charge in [0.25, 0.3) is 5.91 Å². The molecule has 0 spiro atoms. The number of nitrogens with one attached hydrogen (secondary N) is 2. The molecular weight excluding hydrogens is 444 g/mol. The molecule has 0 bridgehead atoms. The Kier molecular flexibility index (Phi) is 5.91. The zero-order valence-electron chi connectivity index (χ0n) is 19.9. The third kappa shape index (κ3) is 4.51. The van der Waals surface area contributed by atoms with Crippen molar-refractivity contribution in [3.8, 4) is 17.4 Å². The summed E-state index contributed by atoms with van der Waals surface area (Å²) >= 11 is 0. The van der Waals surface area contributed by atoms with Crippen molar-refractivity contribution in [2.45, 2.75) is 31.3 Å². The fraction of sp³-hybridized carbons (Fsp3) is 0.407. The third-order valence-corrected chi connectivity index (χ3v) is 7.23. The topological polar surface area (TPSA) is 85.0 Å². The van der Waals surface area contributed by atoms with Gasteiger partial charge in [-0.3, -0.25) is 4.79 Å². The zero-order chi connectivity index (χ0) is 23.8. The van der Waals surface area contributed by atoms with Crippen LogP contribution in [-0.4, -0.2) is 61.8 Å². The van der Waals surface area contributed by atoms with Gasteiger partial charge in [0.2, 0.25) is 5.88 Å². The summed E-state index contributed by atoms with van der Waals surface area (Å²) in [6, 6.07) is 14.6. The number of ether oxygens (including phenoxy) is 3. The molecule has 3 aliphatic rings. The minimum absolute atomic E-state index is 0.0860. The van der Waals surface area contributed by atoms with Crippen molar-refractivity contribution in [1.82, 2.24) is 15.2 Å². The predicted octanol–water partition coefficient (Wildman–Crippen LogP) is 3.30. The van der Waals surface area contributed by atoms with Gasteiger partial charge < -0.3 is 29.7 Å². The molecule has 1 unspecified atom stereocenters. The normalized spacial score (nSPS) is 20.0. The van der Waals surface area contributed by atoms with Crippen LogP contribution in [0.25, 0.3) is 10.9 Å². The van der Waals surface area contributed by atoms with E-state index in [1.165, 1.54) is 5.56 Å². The number of hydrogen-bond acceptors (Lipinski definition) is 7. The van der Waals surface area contributed by atoms with Crippen LogP contribution in [0.15, 0.2) is 42.5 Å². The molecule has 6 rings (SSSR count). The van der Waals surface area contributed by atoms with Crippen molar-refractivity contribution in [3.63, 3.8) is 0 Å². The molecule has 8 heteroatoms. The first-order chi connectivity index (χ1) is 17.2. The Hall–Kier alpha value is -3.36. The van der Waals surface area contributed by atoms with Crippen LogP contribution in [0.5, 0.6) is 17.4 Å². The molecule has 3 aliphatic heterocycles. The summed E-state index contributed by atoms with van der Waals surface area (Å²) in [7, 11) is 1.65. The summed E-state index contributed by atoms with van der Waals surface area (Å²) in [5.74, 6) is 2.53. The van der Waals surface area contributed by atoms with Crippen LogP contribution in [0.1, 0.15) is 29.9 Å². The summed E-state index contributed by atoms with van der Waals surface area (Å²) in [5.41, 5.74) is 4.11. The average molecular weight is 475 g/mol. The van der Waals surface area contributed by atoms with Gasteiger partial charge in [-0.25, -0.2) is 4.98 Å². The van der Waals surface area contributed by atoms with E-state index in [0.717, 1.165) is 72.7 Å². The Morgan fingerprint density at radius 3 is 2.80 bits per heavy atom. The quantitative estimate of drug-likeness (QED) is 0.567. The SMILES string of the molecule is COc1ccc2ccc3c(c2n1)C(CN1CCC(NCc2ccc4c(c2)NC(=O)CO4)CC1)CO3. The number of rotatable bonds is 6. The van der Waals surface area contributed by atoms with Crippen molar-refractivity contribution < 1.29 is 19.0 Å². The van der Waals surface area contributed by atoms with Gasteiger partial charge in [-0.1, -0.05) is 6.07 Å². The second kappa shape index (κ2) is 9.36. The first kappa shape index (κ1) is 22.1. The highest BCUT2D eigenvalue weighted by atomic mass is 16.5. The van der Waals surface area contributed by atoms with Crippen molar-refractivity contribution in [1.29, 1.82) is 0 Å². The smallest absolute Gasteiger partial charge is 0.262 e. The zero-order valence-corrected chi connectivity index (χ0v) is 19.9. The Morgan fingerprint density at radius 2 is 1.94 bits per heavy atom. The standard InChI is InChI=1S/C27H30N4O4/c1-33-25-7-4-18-3-6-23-26(27(18)30-25)19(15-34-23)14-31-10-8-20(9-11-31)28-13-17-2-5-22-21(12-17)29-24(32)16-35-22/h2-7,12,19-20,28H,8-11,13-16H2,1H3,(H,29,32). The van der Waals surface area contributed by atoms with E-state index >= 15 is 0 Å². The summed E-state index contributed by atoms with van der Waals surface area (Å²) in [6.07, 6.45) is 2.21. The lowest BCUT2D eigenvalue weighted by atomic mass is 9.96. The summed E-state index contributed by atoms with van der Waals surface area (Å²) in [5, 5.41) is 7.70. The van der Waals surface area contributed by atoms with E-state index in [0.29, 0.717) is 24.4 Å². The second-order valence-corrected chi connectivity index (χ2v) is 9.53. The highest BCUT2D eigenvalue weighted by molar-refractivity contribution is 5.95.